The van der Waals surface area contributed by atoms with Crippen LogP contribution >= 0.6 is 0 Å². The molecular formula is C11H20N4O4. The Morgan fingerprint density at radius 2 is 2.05 bits per heavy atom. The number of esters is 1. The van der Waals surface area contributed by atoms with Gasteiger partial charge in [0.2, 0.25) is 0 Å². The molecule has 0 rings (SSSR count). The van der Waals surface area contributed by atoms with Crippen molar-refractivity contribution in [3.63, 3.8) is 0 Å². The molecule has 0 fully saturated rings. The SMILES string of the molecule is [N-]=[N+]=NCCCCC(=O)OCCCC[C@H](N)C(=O)O. The smallest absolute Gasteiger partial charge is 0.320 e. The molecule has 108 valence electrons. The highest BCUT2D eigenvalue weighted by Gasteiger charge is 2.10. The summed E-state index contributed by atoms with van der Waals surface area (Å²) in [7, 11) is 0. The van der Waals surface area contributed by atoms with E-state index >= 15 is 0 Å². The molecule has 3 N–H and O–H groups in total. The summed E-state index contributed by atoms with van der Waals surface area (Å²) in [5.41, 5.74) is 13.4. The second-order valence-corrected chi connectivity index (χ2v) is 4.07. The van der Waals surface area contributed by atoms with E-state index in [0.29, 0.717) is 45.1 Å². The van der Waals surface area contributed by atoms with E-state index in [-0.39, 0.29) is 12.6 Å². The first-order valence-electron chi connectivity index (χ1n) is 6.22. The summed E-state index contributed by atoms with van der Waals surface area (Å²) >= 11 is 0. The Morgan fingerprint density at radius 3 is 2.68 bits per heavy atom. The van der Waals surface area contributed by atoms with E-state index in [9.17, 15) is 9.59 Å². The lowest BCUT2D eigenvalue weighted by Crippen LogP contribution is -2.29. The number of carbonyl (C=O) groups excluding carboxylic acids is 1. The number of hydrogen-bond acceptors (Lipinski definition) is 5. The minimum absolute atomic E-state index is 0.279. The first-order chi connectivity index (χ1) is 9.07. The number of rotatable bonds is 11. The summed E-state index contributed by atoms with van der Waals surface area (Å²) in [5, 5.41) is 11.9. The number of nitrogens with zero attached hydrogens (tertiary/aromatic N) is 3. The lowest BCUT2D eigenvalue weighted by atomic mass is 10.1. The quantitative estimate of drug-likeness (QED) is 0.193. The van der Waals surface area contributed by atoms with E-state index in [4.69, 9.17) is 21.1 Å². The standard InChI is InChI=1S/C11H20N4O4/c12-9(11(17)18)5-2-4-8-19-10(16)6-1-3-7-14-15-13/h9H,1-8,12H2,(H,17,18)/t9-/m0/s1. The van der Waals surface area contributed by atoms with Gasteiger partial charge in [0.1, 0.15) is 6.04 Å². The van der Waals surface area contributed by atoms with Gasteiger partial charge in [-0.3, -0.25) is 9.59 Å². The highest BCUT2D eigenvalue weighted by atomic mass is 16.5. The van der Waals surface area contributed by atoms with Crippen LogP contribution in [0.25, 0.3) is 10.4 Å². The third-order valence-corrected chi connectivity index (χ3v) is 2.44. The predicted molar refractivity (Wildman–Crippen MR) is 68.3 cm³/mol. The Labute approximate surface area is 111 Å². The van der Waals surface area contributed by atoms with Gasteiger partial charge in [-0.1, -0.05) is 5.11 Å². The van der Waals surface area contributed by atoms with E-state index in [0.717, 1.165) is 0 Å². The van der Waals surface area contributed by atoms with Gasteiger partial charge in [0.15, 0.2) is 0 Å². The summed E-state index contributed by atoms with van der Waals surface area (Å²) in [4.78, 5) is 24.3. The van der Waals surface area contributed by atoms with Crippen LogP contribution in [0.5, 0.6) is 0 Å². The number of azide groups is 1. The number of carbonyl (C=O) groups is 2. The van der Waals surface area contributed by atoms with E-state index in [1.165, 1.54) is 0 Å². The van der Waals surface area contributed by atoms with Crippen LogP contribution in [0.1, 0.15) is 38.5 Å². The molecule has 0 aromatic heterocycles. The van der Waals surface area contributed by atoms with Crippen LogP contribution in [0.15, 0.2) is 5.11 Å². The van der Waals surface area contributed by atoms with Crippen LogP contribution in [-0.2, 0) is 14.3 Å². The van der Waals surface area contributed by atoms with Crippen molar-refractivity contribution in [2.75, 3.05) is 13.2 Å². The first-order valence-corrected chi connectivity index (χ1v) is 6.22. The zero-order valence-electron chi connectivity index (χ0n) is 10.8. The fourth-order valence-corrected chi connectivity index (χ4v) is 1.34. The second kappa shape index (κ2) is 11.3. The molecule has 0 aliphatic heterocycles. The average Bonchev–Trinajstić information content (AvgIpc) is 2.37. The molecule has 0 unspecified atom stereocenters. The number of carboxylic acids is 1. The van der Waals surface area contributed by atoms with Crippen LogP contribution in [0.4, 0.5) is 0 Å². The third kappa shape index (κ3) is 11.1. The summed E-state index contributed by atoms with van der Waals surface area (Å²) < 4.78 is 4.96. The fraction of sp³-hybridized carbons (Fsp3) is 0.818. The van der Waals surface area contributed by atoms with Crippen molar-refractivity contribution in [2.24, 2.45) is 10.8 Å². The molecule has 1 atom stereocenters. The minimum Gasteiger partial charge on any atom is -0.480 e. The molecule has 0 spiro atoms. The molecule has 0 heterocycles. The molecule has 0 aromatic carbocycles. The molecule has 8 nitrogen and oxygen atoms in total. The zero-order chi connectivity index (χ0) is 14.5. The molecule has 8 heteroatoms. The molecule has 0 saturated carbocycles. The highest BCUT2D eigenvalue weighted by molar-refractivity contribution is 5.72. The van der Waals surface area contributed by atoms with Crippen LogP contribution in [-0.4, -0.2) is 36.2 Å². The van der Waals surface area contributed by atoms with E-state index in [1.54, 1.807) is 0 Å². The maximum atomic E-state index is 11.2. The number of hydrogen-bond donors (Lipinski definition) is 2. The Morgan fingerprint density at radius 1 is 1.32 bits per heavy atom. The zero-order valence-corrected chi connectivity index (χ0v) is 10.8. The van der Waals surface area contributed by atoms with E-state index in [2.05, 4.69) is 10.0 Å². The lowest BCUT2D eigenvalue weighted by molar-refractivity contribution is -0.144. The van der Waals surface area contributed by atoms with Gasteiger partial charge >= 0.3 is 11.9 Å². The largest absolute Gasteiger partial charge is 0.480 e. The molecule has 0 bridgehead atoms. The number of nitrogens with two attached hydrogens (primary N) is 1. The maximum Gasteiger partial charge on any atom is 0.320 e. The van der Waals surface area contributed by atoms with Gasteiger partial charge in [0, 0.05) is 17.9 Å². The monoisotopic (exact) mass is 272 g/mol. The van der Waals surface area contributed by atoms with Crippen LogP contribution in [0.2, 0.25) is 0 Å². The highest BCUT2D eigenvalue weighted by Crippen LogP contribution is 2.02. The molecule has 0 saturated heterocycles. The average molecular weight is 272 g/mol. The summed E-state index contributed by atoms with van der Waals surface area (Å²) in [5.74, 6) is -1.31. The van der Waals surface area contributed by atoms with Crippen molar-refractivity contribution in [1.82, 2.24) is 0 Å². The van der Waals surface area contributed by atoms with Crippen molar-refractivity contribution in [1.29, 1.82) is 0 Å². The van der Waals surface area contributed by atoms with Crippen molar-refractivity contribution in [3.8, 4) is 0 Å². The first kappa shape index (κ1) is 17.2. The molecule has 19 heavy (non-hydrogen) atoms. The van der Waals surface area contributed by atoms with Gasteiger partial charge in [-0.2, -0.15) is 0 Å². The number of ether oxygens (including phenoxy) is 1. The maximum absolute atomic E-state index is 11.2. The Balaban J connectivity index is 3.38. The van der Waals surface area contributed by atoms with Gasteiger partial charge in [-0.25, -0.2) is 0 Å². The van der Waals surface area contributed by atoms with E-state index < -0.39 is 12.0 Å². The minimum atomic E-state index is -1.02. The number of aliphatic carboxylic acids is 1. The second-order valence-electron chi connectivity index (χ2n) is 4.07. The summed E-state index contributed by atoms with van der Waals surface area (Å²) in [6.07, 6.45) is 3.17. The van der Waals surface area contributed by atoms with E-state index in [1.807, 2.05) is 0 Å². The fourth-order valence-electron chi connectivity index (χ4n) is 1.34. The Kier molecular flexibility index (Phi) is 10.2. The van der Waals surface area contributed by atoms with Crippen LogP contribution in [0.3, 0.4) is 0 Å². The van der Waals surface area contributed by atoms with Crippen molar-refractivity contribution in [2.45, 2.75) is 44.6 Å². The number of carboxylic acid groups (broad SMARTS) is 1. The third-order valence-electron chi connectivity index (χ3n) is 2.44. The predicted octanol–water partition coefficient (Wildman–Crippen LogP) is 1.59. The van der Waals surface area contributed by atoms with Gasteiger partial charge < -0.3 is 15.6 Å². The van der Waals surface area contributed by atoms with Crippen LogP contribution < -0.4 is 5.73 Å². The Bertz CT molecular complexity index is 329. The van der Waals surface area contributed by atoms with Gasteiger partial charge in [-0.15, -0.1) is 0 Å². The lowest BCUT2D eigenvalue weighted by Gasteiger charge is -2.06. The Hall–Kier alpha value is -1.79. The molecule has 0 radical (unpaired) electrons. The van der Waals surface area contributed by atoms with Crippen molar-refractivity contribution < 1.29 is 19.4 Å². The van der Waals surface area contributed by atoms with Crippen molar-refractivity contribution in [3.05, 3.63) is 10.4 Å². The van der Waals surface area contributed by atoms with Crippen molar-refractivity contribution >= 4 is 11.9 Å². The van der Waals surface area contributed by atoms with Gasteiger partial charge in [-0.05, 0) is 37.6 Å². The van der Waals surface area contributed by atoms with Gasteiger partial charge in [0.25, 0.3) is 0 Å². The van der Waals surface area contributed by atoms with Crippen LogP contribution in [0, 0.1) is 0 Å². The summed E-state index contributed by atoms with van der Waals surface area (Å²) in [6, 6.07) is -0.851. The molecule has 0 aliphatic carbocycles. The normalized spacial score (nSPS) is 11.4. The molecule has 0 aliphatic rings. The molecule has 0 amide bonds. The topological polar surface area (TPSA) is 138 Å². The van der Waals surface area contributed by atoms with Gasteiger partial charge in [0.05, 0.1) is 6.61 Å². The number of unbranched alkanes of at least 4 members (excludes halogenated alkanes) is 2. The molecular weight excluding hydrogens is 252 g/mol. The summed E-state index contributed by atoms with van der Waals surface area (Å²) in [6.45, 7) is 0.665. The molecule has 0 aromatic rings.